The summed E-state index contributed by atoms with van der Waals surface area (Å²) in [5.41, 5.74) is 3.84. The van der Waals surface area contributed by atoms with Crippen LogP contribution >= 0.6 is 0 Å². The number of ether oxygens (including phenoxy) is 2. The van der Waals surface area contributed by atoms with E-state index in [2.05, 4.69) is 10.6 Å². The van der Waals surface area contributed by atoms with Crippen molar-refractivity contribution in [3.63, 3.8) is 0 Å². The van der Waals surface area contributed by atoms with Gasteiger partial charge >= 0.3 is 12.1 Å². The van der Waals surface area contributed by atoms with Crippen molar-refractivity contribution in [1.82, 2.24) is 10.6 Å². The number of alkyl carbamates (subject to hydrolysis) is 1. The lowest BCUT2D eigenvalue weighted by atomic mass is 9.99. The van der Waals surface area contributed by atoms with Crippen LogP contribution in [-0.2, 0) is 32.1 Å². The first-order chi connectivity index (χ1) is 17.4. The van der Waals surface area contributed by atoms with Crippen LogP contribution in [0.15, 0.2) is 84.9 Å². The lowest BCUT2D eigenvalue weighted by Gasteiger charge is -2.24. The molecule has 0 aliphatic rings. The number of methoxy groups -OCH3 is 1. The average Bonchev–Trinajstić information content (AvgIpc) is 2.91. The van der Waals surface area contributed by atoms with Crippen molar-refractivity contribution >= 4 is 18.0 Å². The van der Waals surface area contributed by atoms with Crippen LogP contribution in [0.4, 0.5) is 4.79 Å². The van der Waals surface area contributed by atoms with Gasteiger partial charge in [-0.15, -0.1) is 0 Å². The number of carbonyl (C=O) groups excluding carboxylic acids is 3. The SMILES string of the molecule is COC(=O)[C@@H](Cc1ccc(-c2ccccc2)cc1)NC(=O)[C@H](NC(=O)OCc1ccccc1)C(C)C. The van der Waals surface area contributed by atoms with E-state index in [1.807, 2.05) is 84.9 Å². The first kappa shape index (κ1) is 26.5. The van der Waals surface area contributed by atoms with Crippen molar-refractivity contribution in [2.75, 3.05) is 7.11 Å². The topological polar surface area (TPSA) is 93.7 Å². The Morgan fingerprint density at radius 3 is 1.92 bits per heavy atom. The number of esters is 1. The zero-order valence-corrected chi connectivity index (χ0v) is 20.8. The van der Waals surface area contributed by atoms with Gasteiger partial charge in [-0.3, -0.25) is 4.79 Å². The van der Waals surface area contributed by atoms with E-state index in [4.69, 9.17) is 9.47 Å². The Balaban J connectivity index is 1.63. The predicted molar refractivity (Wildman–Crippen MR) is 138 cm³/mol. The molecule has 0 bridgehead atoms. The first-order valence-corrected chi connectivity index (χ1v) is 11.9. The van der Waals surface area contributed by atoms with E-state index < -0.39 is 30.1 Å². The second-order valence-electron chi connectivity index (χ2n) is 8.78. The molecule has 2 atom stereocenters. The number of nitrogens with one attached hydrogen (secondary N) is 2. The van der Waals surface area contributed by atoms with Gasteiger partial charge < -0.3 is 20.1 Å². The minimum absolute atomic E-state index is 0.0862. The van der Waals surface area contributed by atoms with Crippen molar-refractivity contribution in [3.8, 4) is 11.1 Å². The molecule has 2 amide bonds. The Bertz CT molecular complexity index is 1130. The molecule has 36 heavy (non-hydrogen) atoms. The monoisotopic (exact) mass is 488 g/mol. The van der Waals surface area contributed by atoms with Crippen LogP contribution in [0.25, 0.3) is 11.1 Å². The Morgan fingerprint density at radius 1 is 0.750 bits per heavy atom. The second kappa shape index (κ2) is 13.1. The summed E-state index contributed by atoms with van der Waals surface area (Å²) >= 11 is 0. The van der Waals surface area contributed by atoms with E-state index in [1.54, 1.807) is 13.8 Å². The van der Waals surface area contributed by atoms with Gasteiger partial charge in [0.05, 0.1) is 7.11 Å². The van der Waals surface area contributed by atoms with E-state index >= 15 is 0 Å². The average molecular weight is 489 g/mol. The van der Waals surface area contributed by atoms with Gasteiger partial charge in [-0.05, 0) is 28.2 Å². The molecule has 3 aromatic carbocycles. The van der Waals surface area contributed by atoms with Gasteiger partial charge in [-0.1, -0.05) is 98.8 Å². The molecule has 0 radical (unpaired) electrons. The zero-order valence-electron chi connectivity index (χ0n) is 20.8. The molecule has 0 fully saturated rings. The molecule has 0 aromatic heterocycles. The highest BCUT2D eigenvalue weighted by Gasteiger charge is 2.29. The maximum atomic E-state index is 13.1. The van der Waals surface area contributed by atoms with Gasteiger partial charge in [0, 0.05) is 6.42 Å². The predicted octanol–water partition coefficient (Wildman–Crippen LogP) is 4.50. The Labute approximate surface area is 211 Å². The minimum Gasteiger partial charge on any atom is -0.467 e. The Morgan fingerprint density at radius 2 is 1.33 bits per heavy atom. The summed E-state index contributed by atoms with van der Waals surface area (Å²) in [7, 11) is 1.28. The molecule has 188 valence electrons. The Kier molecular flexibility index (Phi) is 9.63. The standard InChI is InChI=1S/C29H32N2O5/c1-20(2)26(31-29(34)36-19-22-10-6-4-7-11-22)27(32)30-25(28(33)35-3)18-21-14-16-24(17-15-21)23-12-8-5-9-13-23/h4-17,20,25-26H,18-19H2,1-3H3,(H,30,32)(H,31,34)/t25-,26-/m1/s1. The molecular formula is C29H32N2O5. The van der Waals surface area contributed by atoms with E-state index in [1.165, 1.54) is 7.11 Å². The van der Waals surface area contributed by atoms with Crippen LogP contribution in [0.5, 0.6) is 0 Å². The molecule has 0 aliphatic carbocycles. The summed E-state index contributed by atoms with van der Waals surface area (Å²) in [6.45, 7) is 3.69. The number of hydrogen-bond acceptors (Lipinski definition) is 5. The largest absolute Gasteiger partial charge is 0.467 e. The van der Waals surface area contributed by atoms with E-state index in [0.717, 1.165) is 22.3 Å². The van der Waals surface area contributed by atoms with Gasteiger partial charge in [0.2, 0.25) is 5.91 Å². The molecule has 0 unspecified atom stereocenters. The fourth-order valence-corrected chi connectivity index (χ4v) is 3.72. The fraction of sp³-hybridized carbons (Fsp3) is 0.276. The second-order valence-corrected chi connectivity index (χ2v) is 8.78. The van der Waals surface area contributed by atoms with Crippen LogP contribution in [0.2, 0.25) is 0 Å². The molecule has 7 nitrogen and oxygen atoms in total. The first-order valence-electron chi connectivity index (χ1n) is 11.9. The molecule has 0 spiro atoms. The van der Waals surface area contributed by atoms with Crippen molar-refractivity contribution in [3.05, 3.63) is 96.1 Å². The van der Waals surface area contributed by atoms with Crippen LogP contribution < -0.4 is 10.6 Å². The fourth-order valence-electron chi connectivity index (χ4n) is 3.72. The highest BCUT2D eigenvalue weighted by molar-refractivity contribution is 5.90. The number of hydrogen-bond donors (Lipinski definition) is 2. The summed E-state index contributed by atoms with van der Waals surface area (Å²) in [5.74, 6) is -1.29. The quantitative estimate of drug-likeness (QED) is 0.410. The van der Waals surface area contributed by atoms with E-state index in [0.29, 0.717) is 0 Å². The minimum atomic E-state index is -0.909. The number of benzene rings is 3. The summed E-state index contributed by atoms with van der Waals surface area (Å²) in [6, 6.07) is 25.2. The highest BCUT2D eigenvalue weighted by atomic mass is 16.5. The third-order valence-corrected chi connectivity index (χ3v) is 5.74. The van der Waals surface area contributed by atoms with Crippen LogP contribution in [0, 0.1) is 5.92 Å². The lowest BCUT2D eigenvalue weighted by Crippen LogP contribution is -2.54. The maximum absolute atomic E-state index is 13.1. The Hall–Kier alpha value is -4.13. The number of amides is 2. The summed E-state index contributed by atoms with van der Waals surface area (Å²) in [5, 5.41) is 5.35. The molecule has 3 rings (SSSR count). The molecule has 0 aliphatic heterocycles. The molecule has 3 aromatic rings. The van der Waals surface area contributed by atoms with Crippen molar-refractivity contribution in [2.45, 2.75) is 39.0 Å². The van der Waals surface area contributed by atoms with Crippen LogP contribution in [0.3, 0.4) is 0 Å². The van der Waals surface area contributed by atoms with Gasteiger partial charge in [0.25, 0.3) is 0 Å². The molecule has 0 saturated carbocycles. The molecule has 0 heterocycles. The normalized spacial score (nSPS) is 12.3. The van der Waals surface area contributed by atoms with Crippen molar-refractivity contribution in [2.24, 2.45) is 5.92 Å². The van der Waals surface area contributed by atoms with E-state index in [9.17, 15) is 14.4 Å². The molecule has 7 heteroatoms. The van der Waals surface area contributed by atoms with Crippen molar-refractivity contribution < 1.29 is 23.9 Å². The smallest absolute Gasteiger partial charge is 0.408 e. The molecular weight excluding hydrogens is 456 g/mol. The van der Waals surface area contributed by atoms with E-state index in [-0.39, 0.29) is 18.9 Å². The summed E-state index contributed by atoms with van der Waals surface area (Å²) in [4.78, 5) is 37.9. The van der Waals surface area contributed by atoms with Gasteiger partial charge in [-0.25, -0.2) is 9.59 Å². The third-order valence-electron chi connectivity index (χ3n) is 5.74. The van der Waals surface area contributed by atoms with Gasteiger partial charge in [0.1, 0.15) is 18.7 Å². The van der Waals surface area contributed by atoms with Crippen molar-refractivity contribution in [1.29, 1.82) is 0 Å². The third kappa shape index (κ3) is 7.70. The zero-order chi connectivity index (χ0) is 25.9. The summed E-state index contributed by atoms with van der Waals surface area (Å²) in [6.07, 6.45) is -0.463. The van der Waals surface area contributed by atoms with Crippen LogP contribution in [0.1, 0.15) is 25.0 Å². The van der Waals surface area contributed by atoms with Gasteiger partial charge in [0.15, 0.2) is 0 Å². The van der Waals surface area contributed by atoms with Crippen LogP contribution in [-0.4, -0.2) is 37.2 Å². The summed E-state index contributed by atoms with van der Waals surface area (Å²) < 4.78 is 10.2. The number of carbonyl (C=O) groups is 3. The number of rotatable bonds is 10. The maximum Gasteiger partial charge on any atom is 0.408 e. The van der Waals surface area contributed by atoms with Gasteiger partial charge in [-0.2, -0.15) is 0 Å². The lowest BCUT2D eigenvalue weighted by molar-refractivity contribution is -0.145. The molecule has 2 N–H and O–H groups in total. The highest BCUT2D eigenvalue weighted by Crippen LogP contribution is 2.20. The molecule has 0 saturated heterocycles.